The van der Waals surface area contributed by atoms with Crippen molar-refractivity contribution in [3.05, 3.63) is 47.3 Å². The van der Waals surface area contributed by atoms with Crippen LogP contribution in [0, 0.1) is 0 Å². The third-order valence-corrected chi connectivity index (χ3v) is 4.25. The number of carbonyl (C=O) groups is 3. The highest BCUT2D eigenvalue weighted by atomic mass is 16.5. The first kappa shape index (κ1) is 18.5. The number of H-pyrrole nitrogens is 1. The molecular weight excluding hydrogens is 350 g/mol. The van der Waals surface area contributed by atoms with Crippen LogP contribution in [0.15, 0.2) is 41.7 Å². The number of urea groups is 1. The van der Waals surface area contributed by atoms with Gasteiger partial charge in [-0.1, -0.05) is 18.2 Å². The van der Waals surface area contributed by atoms with Crippen molar-refractivity contribution in [1.29, 1.82) is 0 Å². The quantitative estimate of drug-likeness (QED) is 0.671. The van der Waals surface area contributed by atoms with Crippen LogP contribution in [-0.4, -0.2) is 42.2 Å². The highest BCUT2D eigenvalue weighted by Crippen LogP contribution is 2.19. The summed E-state index contributed by atoms with van der Waals surface area (Å²) >= 11 is 0. The van der Waals surface area contributed by atoms with Gasteiger partial charge < -0.3 is 25.1 Å². The molecule has 0 fully saturated rings. The van der Waals surface area contributed by atoms with E-state index in [0.717, 1.165) is 16.5 Å². The molecule has 0 saturated carbocycles. The van der Waals surface area contributed by atoms with E-state index in [4.69, 9.17) is 9.47 Å². The molecule has 1 aliphatic rings. The molecule has 0 saturated heterocycles. The molecule has 1 aromatic heterocycles. The summed E-state index contributed by atoms with van der Waals surface area (Å²) in [6.07, 6.45) is 1.84. The predicted octanol–water partition coefficient (Wildman–Crippen LogP) is 1.77. The maximum Gasteiger partial charge on any atom is 0.338 e. The van der Waals surface area contributed by atoms with Crippen LogP contribution < -0.4 is 10.6 Å². The number of para-hydroxylation sites is 1. The molecule has 3 rings (SSSR count). The number of esters is 2. The molecule has 142 valence electrons. The van der Waals surface area contributed by atoms with Gasteiger partial charge in [-0.05, 0) is 25.5 Å². The average Bonchev–Trinajstić information content (AvgIpc) is 3.02. The first-order chi connectivity index (χ1) is 13.0. The van der Waals surface area contributed by atoms with E-state index in [1.807, 2.05) is 24.3 Å². The van der Waals surface area contributed by atoms with Crippen molar-refractivity contribution in [1.82, 2.24) is 15.6 Å². The molecule has 1 atom stereocenters. The van der Waals surface area contributed by atoms with E-state index in [2.05, 4.69) is 15.6 Å². The zero-order chi connectivity index (χ0) is 19.4. The Balaban J connectivity index is 1.71. The number of ether oxygens (including phenoxy) is 2. The summed E-state index contributed by atoms with van der Waals surface area (Å²) in [4.78, 5) is 39.2. The minimum absolute atomic E-state index is 0.0772. The molecule has 2 aromatic rings. The number of aromatic nitrogens is 1. The van der Waals surface area contributed by atoms with E-state index in [-0.39, 0.29) is 30.9 Å². The number of hydrogen-bond acceptors (Lipinski definition) is 5. The summed E-state index contributed by atoms with van der Waals surface area (Å²) in [7, 11) is 0. The Morgan fingerprint density at radius 1 is 1.19 bits per heavy atom. The lowest BCUT2D eigenvalue weighted by Gasteiger charge is -2.26. The van der Waals surface area contributed by atoms with Crippen molar-refractivity contribution in [3.63, 3.8) is 0 Å². The van der Waals surface area contributed by atoms with Gasteiger partial charge in [-0.25, -0.2) is 9.59 Å². The fraction of sp³-hybridized carbons (Fsp3) is 0.316. The molecule has 3 N–H and O–H groups in total. The third kappa shape index (κ3) is 4.11. The van der Waals surface area contributed by atoms with E-state index in [9.17, 15) is 14.4 Å². The molecule has 0 bridgehead atoms. The van der Waals surface area contributed by atoms with Crippen LogP contribution in [0.5, 0.6) is 0 Å². The molecule has 1 aliphatic heterocycles. The maximum absolute atomic E-state index is 12.3. The Morgan fingerprint density at radius 2 is 1.96 bits per heavy atom. The van der Waals surface area contributed by atoms with Crippen LogP contribution >= 0.6 is 0 Å². The second kappa shape index (κ2) is 7.94. The summed E-state index contributed by atoms with van der Waals surface area (Å²) < 4.78 is 10.3. The van der Waals surface area contributed by atoms with Gasteiger partial charge in [0.1, 0.15) is 6.61 Å². The topological polar surface area (TPSA) is 110 Å². The predicted molar refractivity (Wildman–Crippen MR) is 97.8 cm³/mol. The lowest BCUT2D eigenvalue weighted by molar-refractivity contribution is -0.143. The van der Waals surface area contributed by atoms with Gasteiger partial charge in [0.2, 0.25) is 0 Å². The summed E-state index contributed by atoms with van der Waals surface area (Å²) in [6, 6.07) is 6.65. The summed E-state index contributed by atoms with van der Waals surface area (Å²) in [5.74, 6) is -1.02. The van der Waals surface area contributed by atoms with Gasteiger partial charge in [0.05, 0.1) is 30.3 Å². The number of fused-ring (bicyclic) bond motifs is 1. The number of benzene rings is 1. The second-order valence-corrected chi connectivity index (χ2v) is 6.13. The van der Waals surface area contributed by atoms with Gasteiger partial charge in [-0.15, -0.1) is 0 Å². The van der Waals surface area contributed by atoms with Gasteiger partial charge in [-0.2, -0.15) is 0 Å². The van der Waals surface area contributed by atoms with E-state index >= 15 is 0 Å². The molecule has 2 amide bonds. The Bertz CT molecular complexity index is 915. The monoisotopic (exact) mass is 371 g/mol. The molecule has 0 aliphatic carbocycles. The van der Waals surface area contributed by atoms with Crippen LogP contribution in [0.3, 0.4) is 0 Å². The lowest BCUT2D eigenvalue weighted by Crippen LogP contribution is -2.50. The fourth-order valence-corrected chi connectivity index (χ4v) is 3.03. The molecule has 0 unspecified atom stereocenters. The van der Waals surface area contributed by atoms with Crippen molar-refractivity contribution in [2.45, 2.75) is 26.3 Å². The molecular formula is C19H21N3O5. The maximum atomic E-state index is 12.3. The van der Waals surface area contributed by atoms with E-state index < -0.39 is 24.0 Å². The van der Waals surface area contributed by atoms with Gasteiger partial charge in [0.25, 0.3) is 0 Å². The molecule has 8 nitrogen and oxygen atoms in total. The standard InChI is InChI=1S/C19H21N3O5/c1-3-26-18(24)17-11(2)21-19(25)22-15(17)10-27-16(23)8-12-9-20-14-7-5-4-6-13(12)14/h4-7,9,11,20H,3,8,10H2,1-2H3,(H2,21,22,25)/t11-/m1/s1. The normalized spacial score (nSPS) is 16.7. The van der Waals surface area contributed by atoms with E-state index in [0.29, 0.717) is 0 Å². The zero-order valence-electron chi connectivity index (χ0n) is 15.1. The number of aromatic amines is 1. The average molecular weight is 371 g/mol. The van der Waals surface area contributed by atoms with Crippen LogP contribution in [0.4, 0.5) is 4.79 Å². The fourth-order valence-electron chi connectivity index (χ4n) is 3.03. The minimum Gasteiger partial charge on any atom is -0.463 e. The van der Waals surface area contributed by atoms with Crippen molar-refractivity contribution in [2.24, 2.45) is 0 Å². The van der Waals surface area contributed by atoms with Crippen LogP contribution in [-0.2, 0) is 25.5 Å². The van der Waals surface area contributed by atoms with Crippen molar-refractivity contribution >= 4 is 28.9 Å². The Labute approximate surface area is 155 Å². The molecule has 0 spiro atoms. The molecule has 27 heavy (non-hydrogen) atoms. The molecule has 8 heteroatoms. The number of hydrogen-bond donors (Lipinski definition) is 3. The van der Waals surface area contributed by atoms with Crippen LogP contribution in [0.1, 0.15) is 19.4 Å². The van der Waals surface area contributed by atoms with Crippen molar-refractivity contribution in [2.75, 3.05) is 13.2 Å². The Morgan fingerprint density at radius 3 is 2.74 bits per heavy atom. The van der Waals surface area contributed by atoms with Crippen LogP contribution in [0.25, 0.3) is 10.9 Å². The smallest absolute Gasteiger partial charge is 0.338 e. The third-order valence-electron chi connectivity index (χ3n) is 4.25. The Kier molecular flexibility index (Phi) is 5.44. The summed E-state index contributed by atoms with van der Waals surface area (Å²) in [6.45, 7) is 3.35. The first-order valence-electron chi connectivity index (χ1n) is 8.68. The molecule has 0 radical (unpaired) electrons. The van der Waals surface area contributed by atoms with E-state index in [1.165, 1.54) is 0 Å². The molecule has 2 heterocycles. The Hall–Kier alpha value is -3.29. The lowest BCUT2D eigenvalue weighted by atomic mass is 10.0. The van der Waals surface area contributed by atoms with Gasteiger partial charge in [0, 0.05) is 17.1 Å². The largest absolute Gasteiger partial charge is 0.463 e. The van der Waals surface area contributed by atoms with Gasteiger partial charge in [0.15, 0.2) is 0 Å². The van der Waals surface area contributed by atoms with Gasteiger partial charge in [-0.3, -0.25) is 4.79 Å². The number of nitrogens with one attached hydrogen (secondary N) is 3. The minimum atomic E-state index is -0.555. The molecule has 1 aromatic carbocycles. The SMILES string of the molecule is CCOC(=O)C1=C(COC(=O)Cc2c[nH]c3ccccc23)NC(=O)N[C@@H]1C. The highest BCUT2D eigenvalue weighted by molar-refractivity contribution is 5.95. The number of amides is 2. The number of carbonyl (C=O) groups excluding carboxylic acids is 3. The van der Waals surface area contributed by atoms with Crippen molar-refractivity contribution in [3.8, 4) is 0 Å². The second-order valence-electron chi connectivity index (χ2n) is 6.13. The van der Waals surface area contributed by atoms with Crippen LogP contribution in [0.2, 0.25) is 0 Å². The van der Waals surface area contributed by atoms with Gasteiger partial charge >= 0.3 is 18.0 Å². The zero-order valence-corrected chi connectivity index (χ0v) is 15.1. The first-order valence-corrected chi connectivity index (χ1v) is 8.68. The van der Waals surface area contributed by atoms with E-state index in [1.54, 1.807) is 20.0 Å². The summed E-state index contributed by atoms with van der Waals surface area (Å²) in [5.41, 5.74) is 2.23. The summed E-state index contributed by atoms with van der Waals surface area (Å²) in [5, 5.41) is 6.06. The van der Waals surface area contributed by atoms with Crippen molar-refractivity contribution < 1.29 is 23.9 Å². The number of rotatable bonds is 6. The highest BCUT2D eigenvalue weighted by Gasteiger charge is 2.30.